The highest BCUT2D eigenvalue weighted by molar-refractivity contribution is 6.09. The van der Waals surface area contributed by atoms with E-state index in [2.05, 4.69) is 0 Å². The number of hydrogen-bond acceptors (Lipinski definition) is 4. The van der Waals surface area contributed by atoms with E-state index >= 15 is 0 Å². The van der Waals surface area contributed by atoms with Gasteiger partial charge in [-0.1, -0.05) is 0 Å². The third kappa shape index (κ3) is 2.29. The summed E-state index contributed by atoms with van der Waals surface area (Å²) in [7, 11) is 7.32. The third-order valence-electron chi connectivity index (χ3n) is 2.99. The van der Waals surface area contributed by atoms with E-state index in [4.69, 9.17) is 17.3 Å². The van der Waals surface area contributed by atoms with Gasteiger partial charge in [-0.25, -0.2) is 0 Å². The van der Waals surface area contributed by atoms with E-state index in [0.717, 1.165) is 0 Å². The highest BCUT2D eigenvalue weighted by atomic mass is 16.7. The fraction of sp³-hybridized carbons (Fsp3) is 0.417. The summed E-state index contributed by atoms with van der Waals surface area (Å²) in [4.78, 5) is 13.9. The lowest BCUT2D eigenvalue weighted by Gasteiger charge is -2.22. The Morgan fingerprint density at radius 2 is 2.18 bits per heavy atom. The van der Waals surface area contributed by atoms with Crippen LogP contribution in [0, 0.1) is 0 Å². The number of ketones is 1. The number of benzene rings is 1. The average Bonchev–Trinajstić information content (AvgIpc) is 2.83. The zero-order valence-corrected chi connectivity index (χ0v) is 9.97. The molecular formula is C12H14BNO3. The molecule has 0 aliphatic carbocycles. The van der Waals surface area contributed by atoms with Crippen LogP contribution in [0.5, 0.6) is 11.5 Å². The van der Waals surface area contributed by atoms with E-state index in [1.54, 1.807) is 23.1 Å². The summed E-state index contributed by atoms with van der Waals surface area (Å²) in [5.41, 5.74) is 0.613. The second-order valence-electron chi connectivity index (χ2n) is 4.05. The highest BCUT2D eigenvalue weighted by Gasteiger charge is 2.21. The maximum absolute atomic E-state index is 12.2. The smallest absolute Gasteiger partial charge is 0.231 e. The summed E-state index contributed by atoms with van der Waals surface area (Å²) in [6.07, 6.45) is 0.345. The molecule has 1 heterocycles. The number of carbonyl (C=O) groups is 1. The third-order valence-corrected chi connectivity index (χ3v) is 2.99. The van der Waals surface area contributed by atoms with Gasteiger partial charge < -0.3 is 14.4 Å². The molecule has 0 saturated carbocycles. The molecule has 0 fully saturated rings. The van der Waals surface area contributed by atoms with Crippen molar-refractivity contribution >= 4 is 13.6 Å². The molecule has 2 rings (SSSR count). The molecule has 4 nitrogen and oxygen atoms in total. The average molecular weight is 231 g/mol. The summed E-state index contributed by atoms with van der Waals surface area (Å²) in [6.45, 7) is 2.05. The largest absolute Gasteiger partial charge is 0.454 e. The topological polar surface area (TPSA) is 38.8 Å². The first-order valence-electron chi connectivity index (χ1n) is 5.47. The molecule has 0 N–H and O–H groups in total. The molecule has 1 aliphatic rings. The monoisotopic (exact) mass is 231 g/mol. The lowest BCUT2D eigenvalue weighted by molar-refractivity contribution is 0.0884. The number of fused-ring (bicyclic) bond motifs is 1. The Labute approximate surface area is 102 Å². The molecule has 0 bridgehead atoms. The Morgan fingerprint density at radius 3 is 2.88 bits per heavy atom. The molecule has 0 amide bonds. The number of nitrogens with zero attached hydrogens (tertiary/aromatic N) is 1. The number of likely N-dealkylation sites (N-methyl/N-ethyl adjacent to an activating group) is 1. The van der Waals surface area contributed by atoms with Gasteiger partial charge in [-0.05, 0) is 38.6 Å². The van der Waals surface area contributed by atoms with Crippen LogP contribution in [0.3, 0.4) is 0 Å². The van der Waals surface area contributed by atoms with E-state index < -0.39 is 0 Å². The second kappa shape index (κ2) is 4.79. The van der Waals surface area contributed by atoms with Gasteiger partial charge in [0.25, 0.3) is 0 Å². The number of ether oxygens (including phenoxy) is 2. The molecule has 0 saturated heterocycles. The summed E-state index contributed by atoms with van der Waals surface area (Å²) in [6, 6.07) is 4.97. The van der Waals surface area contributed by atoms with Gasteiger partial charge in [-0.15, -0.1) is 0 Å². The number of Topliss-reactive ketones (excluding diaryl/α,β-unsaturated/α-hetero) is 1. The van der Waals surface area contributed by atoms with E-state index in [9.17, 15) is 4.79 Å². The highest BCUT2D eigenvalue weighted by Crippen LogP contribution is 2.32. The Balaban J connectivity index is 2.20. The SMILES string of the molecule is [B]CN(C)C(C)C(=O)c1ccc2c(c1)OCO2. The van der Waals surface area contributed by atoms with Crippen molar-refractivity contribution in [2.24, 2.45) is 0 Å². The van der Waals surface area contributed by atoms with Gasteiger partial charge in [0.2, 0.25) is 6.79 Å². The van der Waals surface area contributed by atoms with Crippen molar-refractivity contribution in [3.05, 3.63) is 23.8 Å². The molecule has 0 aromatic heterocycles. The quantitative estimate of drug-likeness (QED) is 0.573. The second-order valence-corrected chi connectivity index (χ2v) is 4.05. The Morgan fingerprint density at radius 1 is 1.47 bits per heavy atom. The van der Waals surface area contributed by atoms with Crippen molar-refractivity contribution in [3.8, 4) is 11.5 Å². The van der Waals surface area contributed by atoms with Crippen LogP contribution < -0.4 is 9.47 Å². The van der Waals surface area contributed by atoms with E-state index in [1.807, 2.05) is 14.0 Å². The van der Waals surface area contributed by atoms with Crippen LogP contribution in [0.2, 0.25) is 0 Å². The molecule has 5 heteroatoms. The minimum absolute atomic E-state index is 0.0243. The molecule has 1 atom stereocenters. The van der Waals surface area contributed by atoms with E-state index in [1.165, 1.54) is 0 Å². The molecule has 1 aliphatic heterocycles. The van der Waals surface area contributed by atoms with Gasteiger partial charge in [0.05, 0.1) is 13.9 Å². The lowest BCUT2D eigenvalue weighted by Crippen LogP contribution is -2.36. The molecule has 88 valence electrons. The van der Waals surface area contributed by atoms with Gasteiger partial charge >= 0.3 is 0 Å². The normalized spacial score (nSPS) is 15.0. The van der Waals surface area contributed by atoms with Crippen molar-refractivity contribution in [2.75, 3.05) is 20.3 Å². The number of carbonyl (C=O) groups excluding carboxylic acids is 1. The molecule has 0 spiro atoms. The Hall–Kier alpha value is -1.49. The van der Waals surface area contributed by atoms with Gasteiger partial charge in [-0.3, -0.25) is 4.79 Å². The standard InChI is InChI=1S/C12H14BNO3/c1-8(14(2)6-13)12(15)9-3-4-10-11(5-9)17-7-16-10/h3-5,8H,6-7H2,1-2H3. The summed E-state index contributed by atoms with van der Waals surface area (Å²) in [5, 5.41) is 0. The van der Waals surface area contributed by atoms with Gasteiger partial charge in [0.1, 0.15) is 0 Å². The van der Waals surface area contributed by atoms with Gasteiger partial charge in [-0.2, -0.15) is 0 Å². The van der Waals surface area contributed by atoms with Crippen LogP contribution in [0.4, 0.5) is 0 Å². The number of hydrogen-bond donors (Lipinski definition) is 0. The van der Waals surface area contributed by atoms with Crippen molar-refractivity contribution in [1.82, 2.24) is 4.90 Å². The molecule has 1 aromatic rings. The maximum Gasteiger partial charge on any atom is 0.231 e. The first kappa shape index (κ1) is 12.0. The predicted molar refractivity (Wildman–Crippen MR) is 64.7 cm³/mol. The fourth-order valence-electron chi connectivity index (χ4n) is 1.65. The number of rotatable bonds is 4. The van der Waals surface area contributed by atoms with Crippen LogP contribution in [0.1, 0.15) is 17.3 Å². The molecule has 17 heavy (non-hydrogen) atoms. The minimum Gasteiger partial charge on any atom is -0.454 e. The van der Waals surface area contributed by atoms with Gasteiger partial charge in [0, 0.05) is 5.56 Å². The zero-order valence-electron chi connectivity index (χ0n) is 9.97. The maximum atomic E-state index is 12.2. The van der Waals surface area contributed by atoms with Crippen LogP contribution >= 0.6 is 0 Å². The summed E-state index contributed by atoms with van der Waals surface area (Å²) >= 11 is 0. The van der Waals surface area contributed by atoms with Crippen LogP contribution in [-0.2, 0) is 0 Å². The fourth-order valence-corrected chi connectivity index (χ4v) is 1.65. The molecule has 2 radical (unpaired) electrons. The Bertz CT molecular complexity index is 436. The predicted octanol–water partition coefficient (Wildman–Crippen LogP) is 1.04. The van der Waals surface area contributed by atoms with Crippen molar-refractivity contribution in [2.45, 2.75) is 13.0 Å². The van der Waals surface area contributed by atoms with Crippen LogP contribution in [-0.4, -0.2) is 44.9 Å². The molecule has 1 unspecified atom stereocenters. The van der Waals surface area contributed by atoms with Crippen LogP contribution in [0.15, 0.2) is 18.2 Å². The van der Waals surface area contributed by atoms with Crippen molar-refractivity contribution < 1.29 is 14.3 Å². The van der Waals surface area contributed by atoms with Crippen LogP contribution in [0.25, 0.3) is 0 Å². The first-order valence-corrected chi connectivity index (χ1v) is 5.47. The zero-order chi connectivity index (χ0) is 12.4. The Kier molecular flexibility index (Phi) is 3.38. The molecular weight excluding hydrogens is 217 g/mol. The van der Waals surface area contributed by atoms with E-state index in [0.29, 0.717) is 23.5 Å². The van der Waals surface area contributed by atoms with E-state index in [-0.39, 0.29) is 18.6 Å². The molecule has 1 aromatic carbocycles. The van der Waals surface area contributed by atoms with Crippen molar-refractivity contribution in [1.29, 1.82) is 0 Å². The first-order chi connectivity index (χ1) is 8.13. The lowest BCUT2D eigenvalue weighted by atomic mass is 10.0. The van der Waals surface area contributed by atoms with Gasteiger partial charge in [0.15, 0.2) is 17.3 Å². The summed E-state index contributed by atoms with van der Waals surface area (Å²) < 4.78 is 10.4. The minimum atomic E-state index is -0.250. The van der Waals surface area contributed by atoms with Crippen molar-refractivity contribution in [3.63, 3.8) is 0 Å². The summed E-state index contributed by atoms with van der Waals surface area (Å²) in [5.74, 6) is 1.33.